The normalized spacial score (nSPS) is 11.6. The molecule has 0 aliphatic carbocycles. The standard InChI is InChI=1S/C21H22F3N7O4S/c1-31(36(3,33)34)16-5-4-8-26-15(16)11-27-19-13(21(22,23)24)10-28-20(30-19)29-14-9-12(18(25)32)6-7-17(14)35-2/h4-10H,11H2,1-3H3,(H2,25,32)(H2,27,28,29,30). The van der Waals surface area contributed by atoms with Gasteiger partial charge in [-0.3, -0.25) is 14.1 Å². The van der Waals surface area contributed by atoms with Crippen LogP contribution in [0.1, 0.15) is 21.6 Å². The highest BCUT2D eigenvalue weighted by Crippen LogP contribution is 2.35. The van der Waals surface area contributed by atoms with E-state index in [9.17, 15) is 26.4 Å². The molecule has 0 saturated carbocycles. The first-order valence-corrected chi connectivity index (χ1v) is 12.0. The molecule has 0 atom stereocenters. The zero-order chi connectivity index (χ0) is 26.7. The second kappa shape index (κ2) is 10.2. The van der Waals surface area contributed by atoms with Crippen molar-refractivity contribution in [2.75, 3.05) is 35.4 Å². The van der Waals surface area contributed by atoms with E-state index in [0.717, 1.165) is 10.6 Å². The van der Waals surface area contributed by atoms with E-state index in [2.05, 4.69) is 25.6 Å². The number of primary amides is 1. The lowest BCUT2D eigenvalue weighted by molar-refractivity contribution is -0.137. The van der Waals surface area contributed by atoms with Crippen LogP contribution in [0.5, 0.6) is 5.75 Å². The number of methoxy groups -OCH3 is 1. The molecule has 0 unspecified atom stereocenters. The van der Waals surface area contributed by atoms with Crippen LogP contribution < -0.4 is 25.4 Å². The van der Waals surface area contributed by atoms with E-state index in [1.54, 1.807) is 0 Å². The number of alkyl halides is 3. The number of carbonyl (C=O) groups excluding carboxylic acids is 1. The molecule has 0 fully saturated rings. The average Bonchev–Trinajstić information content (AvgIpc) is 2.81. The first-order valence-electron chi connectivity index (χ1n) is 10.1. The van der Waals surface area contributed by atoms with Crippen molar-refractivity contribution < 1.29 is 31.1 Å². The molecule has 0 radical (unpaired) electrons. The summed E-state index contributed by atoms with van der Waals surface area (Å²) in [5, 5.41) is 5.29. The SMILES string of the molecule is COc1ccc(C(N)=O)cc1Nc1ncc(C(F)(F)F)c(NCc2ncccc2N(C)S(C)(=O)=O)n1. The van der Waals surface area contributed by atoms with Gasteiger partial charge in [-0.25, -0.2) is 13.4 Å². The third kappa shape index (κ3) is 6.10. The van der Waals surface area contributed by atoms with E-state index < -0.39 is 33.5 Å². The van der Waals surface area contributed by atoms with Gasteiger partial charge in [-0.2, -0.15) is 18.2 Å². The van der Waals surface area contributed by atoms with Gasteiger partial charge in [0.15, 0.2) is 0 Å². The van der Waals surface area contributed by atoms with Crippen molar-refractivity contribution in [3.05, 3.63) is 59.5 Å². The molecule has 15 heteroatoms. The van der Waals surface area contributed by atoms with Gasteiger partial charge in [-0.1, -0.05) is 0 Å². The number of amides is 1. The zero-order valence-electron chi connectivity index (χ0n) is 19.3. The quantitative estimate of drug-likeness (QED) is 0.383. The molecule has 192 valence electrons. The Bertz CT molecular complexity index is 1380. The Labute approximate surface area is 204 Å². The van der Waals surface area contributed by atoms with Crippen LogP contribution in [0.15, 0.2) is 42.7 Å². The summed E-state index contributed by atoms with van der Waals surface area (Å²) >= 11 is 0. The number of ether oxygens (including phenoxy) is 1. The lowest BCUT2D eigenvalue weighted by Gasteiger charge is -2.20. The third-order valence-corrected chi connectivity index (χ3v) is 6.14. The van der Waals surface area contributed by atoms with E-state index in [-0.39, 0.29) is 40.9 Å². The summed E-state index contributed by atoms with van der Waals surface area (Å²) in [7, 11) is -0.978. The molecule has 4 N–H and O–H groups in total. The molecule has 0 bridgehead atoms. The van der Waals surface area contributed by atoms with Crippen molar-refractivity contribution in [2.45, 2.75) is 12.7 Å². The van der Waals surface area contributed by atoms with Gasteiger partial charge >= 0.3 is 6.18 Å². The van der Waals surface area contributed by atoms with Crippen molar-refractivity contribution in [1.82, 2.24) is 15.0 Å². The molecule has 0 aliphatic rings. The van der Waals surface area contributed by atoms with Gasteiger partial charge in [0.05, 0.1) is 37.0 Å². The summed E-state index contributed by atoms with van der Waals surface area (Å²) in [6, 6.07) is 7.19. The fraction of sp³-hybridized carbons (Fsp3) is 0.238. The number of anilines is 4. The lowest BCUT2D eigenvalue weighted by atomic mass is 10.2. The van der Waals surface area contributed by atoms with Gasteiger partial charge in [0.25, 0.3) is 0 Å². The Morgan fingerprint density at radius 3 is 2.56 bits per heavy atom. The lowest BCUT2D eigenvalue weighted by Crippen LogP contribution is -2.26. The predicted octanol–water partition coefficient (Wildman–Crippen LogP) is 2.75. The molecule has 2 aromatic heterocycles. The van der Waals surface area contributed by atoms with E-state index in [0.29, 0.717) is 6.20 Å². The van der Waals surface area contributed by atoms with Crippen molar-refractivity contribution in [2.24, 2.45) is 5.73 Å². The molecule has 1 aromatic carbocycles. The predicted molar refractivity (Wildman–Crippen MR) is 127 cm³/mol. The number of hydrogen-bond donors (Lipinski definition) is 3. The van der Waals surface area contributed by atoms with Crippen LogP contribution in [-0.2, 0) is 22.7 Å². The number of sulfonamides is 1. The molecule has 3 rings (SSSR count). The molecule has 3 aromatic rings. The third-order valence-electron chi connectivity index (χ3n) is 4.95. The number of nitrogens with one attached hydrogen (secondary N) is 2. The number of pyridine rings is 1. The summed E-state index contributed by atoms with van der Waals surface area (Å²) in [6.45, 7) is -0.282. The fourth-order valence-corrected chi connectivity index (χ4v) is 3.59. The highest BCUT2D eigenvalue weighted by atomic mass is 32.2. The average molecular weight is 526 g/mol. The zero-order valence-corrected chi connectivity index (χ0v) is 20.1. The summed E-state index contributed by atoms with van der Waals surface area (Å²) in [5.74, 6) is -1.27. The maximum absolute atomic E-state index is 13.6. The summed E-state index contributed by atoms with van der Waals surface area (Å²) in [4.78, 5) is 23.3. The molecular weight excluding hydrogens is 503 g/mol. The topological polar surface area (TPSA) is 152 Å². The summed E-state index contributed by atoms with van der Waals surface area (Å²) in [5.41, 5.74) is 4.81. The van der Waals surface area contributed by atoms with Gasteiger partial charge in [0, 0.05) is 25.0 Å². The van der Waals surface area contributed by atoms with Crippen LogP contribution in [0, 0.1) is 0 Å². The molecule has 1 amide bonds. The Hall–Kier alpha value is -4.14. The van der Waals surface area contributed by atoms with Crippen molar-refractivity contribution in [1.29, 1.82) is 0 Å². The molecule has 11 nitrogen and oxygen atoms in total. The van der Waals surface area contributed by atoms with E-state index in [1.807, 2.05) is 0 Å². The number of rotatable bonds is 9. The van der Waals surface area contributed by atoms with Crippen LogP contribution in [0.2, 0.25) is 0 Å². The van der Waals surface area contributed by atoms with Crippen molar-refractivity contribution in [3.8, 4) is 5.75 Å². The first-order chi connectivity index (χ1) is 16.8. The molecule has 0 spiro atoms. The molecule has 0 aliphatic heterocycles. The fourth-order valence-electron chi connectivity index (χ4n) is 3.06. The smallest absolute Gasteiger partial charge is 0.421 e. The number of nitrogens with zero attached hydrogens (tertiary/aromatic N) is 4. The number of benzene rings is 1. The number of nitrogens with two attached hydrogens (primary N) is 1. The van der Waals surface area contributed by atoms with E-state index in [4.69, 9.17) is 10.5 Å². The van der Waals surface area contributed by atoms with Crippen LogP contribution in [0.25, 0.3) is 0 Å². The monoisotopic (exact) mass is 525 g/mol. The second-order valence-electron chi connectivity index (χ2n) is 7.41. The number of aromatic nitrogens is 3. The van der Waals surface area contributed by atoms with E-state index >= 15 is 0 Å². The van der Waals surface area contributed by atoms with Gasteiger partial charge in [-0.15, -0.1) is 0 Å². The van der Waals surface area contributed by atoms with Gasteiger partial charge in [-0.05, 0) is 30.3 Å². The highest BCUT2D eigenvalue weighted by Gasteiger charge is 2.35. The van der Waals surface area contributed by atoms with Crippen LogP contribution >= 0.6 is 0 Å². The Morgan fingerprint density at radius 1 is 1.22 bits per heavy atom. The molecule has 36 heavy (non-hydrogen) atoms. The highest BCUT2D eigenvalue weighted by molar-refractivity contribution is 7.92. The molecule has 0 saturated heterocycles. The Balaban J connectivity index is 1.97. The second-order valence-corrected chi connectivity index (χ2v) is 9.42. The van der Waals surface area contributed by atoms with Crippen molar-refractivity contribution >= 4 is 39.1 Å². The van der Waals surface area contributed by atoms with Crippen molar-refractivity contribution in [3.63, 3.8) is 0 Å². The van der Waals surface area contributed by atoms with Gasteiger partial charge in [0.1, 0.15) is 17.1 Å². The largest absolute Gasteiger partial charge is 0.495 e. The number of halogens is 3. The maximum atomic E-state index is 13.6. The summed E-state index contributed by atoms with van der Waals surface area (Å²) < 4.78 is 71.0. The van der Waals surface area contributed by atoms with E-state index in [1.165, 1.54) is 50.7 Å². The van der Waals surface area contributed by atoms with Gasteiger partial charge < -0.3 is 21.1 Å². The minimum Gasteiger partial charge on any atom is -0.495 e. The van der Waals surface area contributed by atoms with Gasteiger partial charge in [0.2, 0.25) is 21.9 Å². The molecular formula is C21H22F3N7O4S. The molecule has 2 heterocycles. The maximum Gasteiger partial charge on any atom is 0.421 e. The Morgan fingerprint density at radius 2 is 1.94 bits per heavy atom. The number of carbonyl (C=O) groups is 1. The first kappa shape index (κ1) is 26.5. The number of hydrogen-bond acceptors (Lipinski definition) is 9. The summed E-state index contributed by atoms with van der Waals surface area (Å²) in [6.07, 6.45) is -1.83. The Kier molecular flexibility index (Phi) is 7.52. The van der Waals surface area contributed by atoms with Crippen LogP contribution in [-0.4, -0.2) is 49.7 Å². The van der Waals surface area contributed by atoms with Crippen LogP contribution in [0.3, 0.4) is 0 Å². The van der Waals surface area contributed by atoms with Crippen LogP contribution in [0.4, 0.5) is 36.3 Å². The minimum absolute atomic E-state index is 0.126. The minimum atomic E-state index is -4.79.